The Morgan fingerprint density at radius 2 is 1.88 bits per heavy atom. The summed E-state index contributed by atoms with van der Waals surface area (Å²) in [5, 5.41) is 2.71. The van der Waals surface area contributed by atoms with Gasteiger partial charge in [-0.3, -0.25) is 9.59 Å². The molecule has 1 aromatic rings. The maximum atomic E-state index is 11.6. The molecule has 0 aromatic heterocycles. The lowest BCUT2D eigenvalue weighted by Crippen LogP contribution is -2.68. The van der Waals surface area contributed by atoms with Gasteiger partial charge in [-0.15, -0.1) is 11.8 Å². The van der Waals surface area contributed by atoms with Gasteiger partial charge in [0.05, 0.1) is 6.61 Å². The number of nitrogens with one attached hydrogen (secondary N) is 1. The molecule has 0 bridgehead atoms. The van der Waals surface area contributed by atoms with Crippen LogP contribution in [0.15, 0.2) is 30.3 Å². The van der Waals surface area contributed by atoms with Crippen LogP contribution in [-0.4, -0.2) is 46.0 Å². The van der Waals surface area contributed by atoms with E-state index in [9.17, 15) is 9.59 Å². The van der Waals surface area contributed by atoms with Crippen LogP contribution in [0, 0.1) is 0 Å². The first-order valence-corrected chi connectivity index (χ1v) is 9.68. The lowest BCUT2D eigenvalue weighted by Gasteiger charge is -2.43. The number of amides is 2. The van der Waals surface area contributed by atoms with Crippen molar-refractivity contribution >= 4 is 24.1 Å². The van der Waals surface area contributed by atoms with E-state index < -0.39 is 0 Å². The number of hydrogen-bond acceptors (Lipinski definition) is 4. The number of nitrogens with zero attached hydrogens (tertiary/aromatic N) is 1. The molecule has 3 rings (SSSR count). The summed E-state index contributed by atoms with van der Waals surface area (Å²) in [4.78, 5) is 23.8. The third-order valence-corrected chi connectivity index (χ3v) is 5.92. The summed E-state index contributed by atoms with van der Waals surface area (Å²) in [7, 11) is 0. The monoisotopic (exact) mass is 366 g/mol. The molecule has 1 N–H and O–H groups in total. The third kappa shape index (κ3) is 4.91. The largest absolute Gasteiger partial charge is 0.494 e. The molecular weight excluding hydrogens is 336 g/mol. The molecule has 6 heteroatoms. The second kappa shape index (κ2) is 9.70. The van der Waals surface area contributed by atoms with E-state index in [-0.39, 0.29) is 28.1 Å². The number of carbonyl (C=O) groups excluding carboxylic acids is 2. The first kappa shape index (κ1) is 21.4. The van der Waals surface area contributed by atoms with Crippen LogP contribution in [0.3, 0.4) is 0 Å². The number of fused-ring (bicyclic) bond motifs is 1. The normalized spacial score (nSPS) is 25.3. The van der Waals surface area contributed by atoms with E-state index >= 15 is 0 Å². The van der Waals surface area contributed by atoms with Crippen molar-refractivity contribution in [3.05, 3.63) is 30.3 Å². The highest BCUT2D eigenvalue weighted by molar-refractivity contribution is 8.01. The van der Waals surface area contributed by atoms with Gasteiger partial charge in [-0.05, 0) is 39.8 Å². The van der Waals surface area contributed by atoms with Crippen molar-refractivity contribution in [2.24, 2.45) is 0 Å². The molecule has 25 heavy (non-hydrogen) atoms. The predicted molar refractivity (Wildman–Crippen MR) is 104 cm³/mol. The number of carbonyl (C=O) groups is 2. The van der Waals surface area contributed by atoms with Crippen LogP contribution in [-0.2, 0) is 9.59 Å². The number of benzene rings is 1. The average molecular weight is 367 g/mol. The fourth-order valence-corrected chi connectivity index (χ4v) is 4.34. The van der Waals surface area contributed by atoms with E-state index in [1.54, 1.807) is 11.8 Å². The Labute approximate surface area is 155 Å². The number of ether oxygens (including phenoxy) is 1. The van der Waals surface area contributed by atoms with E-state index in [4.69, 9.17) is 4.74 Å². The molecule has 2 heterocycles. The molecule has 2 aliphatic rings. The zero-order valence-corrected chi connectivity index (χ0v) is 16.8. The minimum absolute atomic E-state index is 0.0488. The Kier molecular flexibility index (Phi) is 8.29. The summed E-state index contributed by atoms with van der Waals surface area (Å²) < 4.78 is 5.29. The first-order chi connectivity index (χ1) is 11.9. The maximum absolute atomic E-state index is 11.6. The molecule has 0 saturated carbocycles. The van der Waals surface area contributed by atoms with Gasteiger partial charge in [0.25, 0.3) is 0 Å². The Bertz CT molecular complexity index is 551. The van der Waals surface area contributed by atoms with Crippen LogP contribution in [0.1, 0.15) is 41.5 Å². The summed E-state index contributed by atoms with van der Waals surface area (Å²) >= 11 is 1.76. The second-order valence-corrected chi connectivity index (χ2v) is 7.81. The van der Waals surface area contributed by atoms with E-state index in [0.717, 1.165) is 12.4 Å². The van der Waals surface area contributed by atoms with Gasteiger partial charge in [0, 0.05) is 10.8 Å². The van der Waals surface area contributed by atoms with Crippen LogP contribution in [0.4, 0.5) is 0 Å². The highest BCUT2D eigenvalue weighted by Crippen LogP contribution is 2.50. The van der Waals surface area contributed by atoms with Crippen LogP contribution >= 0.6 is 11.8 Å². The Morgan fingerprint density at radius 3 is 2.40 bits per heavy atom. The number of para-hydroxylation sites is 1. The van der Waals surface area contributed by atoms with Crippen molar-refractivity contribution in [2.75, 3.05) is 6.61 Å². The first-order valence-electron chi connectivity index (χ1n) is 8.80. The fraction of sp³-hybridized carbons (Fsp3) is 0.579. The summed E-state index contributed by atoms with van der Waals surface area (Å²) in [5.41, 5.74) is 0. The van der Waals surface area contributed by atoms with Crippen LogP contribution in [0.5, 0.6) is 5.75 Å². The second-order valence-electron chi connectivity index (χ2n) is 6.04. The lowest BCUT2D eigenvalue weighted by atomic mass is 9.98. The lowest BCUT2D eigenvalue weighted by molar-refractivity contribution is -0.149. The summed E-state index contributed by atoms with van der Waals surface area (Å²) in [6.45, 7) is 13.0. The van der Waals surface area contributed by atoms with Gasteiger partial charge in [0.15, 0.2) is 0 Å². The van der Waals surface area contributed by atoms with E-state index in [0.29, 0.717) is 6.41 Å². The highest BCUT2D eigenvalue weighted by Gasteiger charge is 2.59. The Hall–Kier alpha value is -1.69. The quantitative estimate of drug-likeness (QED) is 0.656. The molecule has 1 aromatic carbocycles. The summed E-state index contributed by atoms with van der Waals surface area (Å²) in [6.07, 6.45) is 0.608. The molecule has 2 amide bonds. The van der Waals surface area contributed by atoms with Crippen molar-refractivity contribution < 1.29 is 14.3 Å². The number of thioether (sulfide) groups is 1. The van der Waals surface area contributed by atoms with Crippen LogP contribution in [0.25, 0.3) is 0 Å². The SMILES string of the molecule is CC.CC1N2C(=O)C(NC=O)C2SC1(C)C.CCOc1ccccc1. The fourth-order valence-electron chi connectivity index (χ4n) is 2.68. The van der Waals surface area contributed by atoms with Crippen LogP contribution in [0.2, 0.25) is 0 Å². The van der Waals surface area contributed by atoms with Crippen molar-refractivity contribution in [1.82, 2.24) is 10.2 Å². The molecule has 2 aliphatic heterocycles. The predicted octanol–water partition coefficient (Wildman–Crippen LogP) is 3.29. The van der Waals surface area contributed by atoms with E-state index in [2.05, 4.69) is 26.1 Å². The molecule has 0 radical (unpaired) electrons. The Morgan fingerprint density at radius 1 is 1.28 bits per heavy atom. The van der Waals surface area contributed by atoms with Crippen molar-refractivity contribution in [2.45, 2.75) is 63.7 Å². The molecule has 2 fully saturated rings. The van der Waals surface area contributed by atoms with Crippen LogP contribution < -0.4 is 10.1 Å². The minimum Gasteiger partial charge on any atom is -0.494 e. The Balaban J connectivity index is 0.000000246. The van der Waals surface area contributed by atoms with Gasteiger partial charge in [-0.25, -0.2) is 0 Å². The van der Waals surface area contributed by atoms with Crippen molar-refractivity contribution in [3.63, 3.8) is 0 Å². The molecular formula is C19H30N2O3S. The van der Waals surface area contributed by atoms with Gasteiger partial charge in [-0.2, -0.15) is 0 Å². The standard InChI is InChI=1S/C9H14N2O2S.C8H10O.C2H6/c1-5-9(2,3)14-8-6(10-4-12)7(13)11(5)8;1-2-9-8-6-4-3-5-7-8;1-2/h4-6,8H,1-3H3,(H,10,12);3-7H,2H2,1H3;1-2H3. The molecule has 2 saturated heterocycles. The smallest absolute Gasteiger partial charge is 0.249 e. The number of hydrogen-bond donors (Lipinski definition) is 1. The summed E-state index contributed by atoms with van der Waals surface area (Å²) in [5.74, 6) is 0.993. The molecule has 3 unspecified atom stereocenters. The van der Waals surface area contributed by atoms with Crippen molar-refractivity contribution in [1.29, 1.82) is 0 Å². The van der Waals surface area contributed by atoms with E-state index in [1.165, 1.54) is 0 Å². The number of β-lactam (4-membered cyclic amide) rings is 1. The summed E-state index contributed by atoms with van der Waals surface area (Å²) in [6, 6.07) is 9.74. The number of rotatable bonds is 4. The molecule has 140 valence electrons. The highest BCUT2D eigenvalue weighted by atomic mass is 32.2. The zero-order valence-electron chi connectivity index (χ0n) is 16.0. The molecule has 0 aliphatic carbocycles. The minimum atomic E-state index is -0.304. The van der Waals surface area contributed by atoms with Gasteiger partial charge in [0.1, 0.15) is 17.2 Å². The average Bonchev–Trinajstić information content (AvgIpc) is 2.83. The zero-order chi connectivity index (χ0) is 19.0. The van der Waals surface area contributed by atoms with Crippen molar-refractivity contribution in [3.8, 4) is 5.75 Å². The van der Waals surface area contributed by atoms with E-state index in [1.807, 2.05) is 56.0 Å². The third-order valence-electron chi connectivity index (χ3n) is 4.23. The topological polar surface area (TPSA) is 58.6 Å². The molecule has 0 spiro atoms. The molecule has 3 atom stereocenters. The van der Waals surface area contributed by atoms with Gasteiger partial charge in [0.2, 0.25) is 12.3 Å². The van der Waals surface area contributed by atoms with Gasteiger partial charge in [-0.1, -0.05) is 32.0 Å². The van der Waals surface area contributed by atoms with Gasteiger partial charge < -0.3 is 15.0 Å². The van der Waals surface area contributed by atoms with Gasteiger partial charge >= 0.3 is 0 Å². The maximum Gasteiger partial charge on any atom is 0.249 e. The molecule has 5 nitrogen and oxygen atoms in total.